The number of hydrogen-bond donors (Lipinski definition) is 2. The summed E-state index contributed by atoms with van der Waals surface area (Å²) in [5, 5.41) is 15.5. The Morgan fingerprint density at radius 3 is 2.92 bits per heavy atom. The van der Waals surface area contributed by atoms with Crippen LogP contribution in [-0.4, -0.2) is 39.4 Å². The molecule has 1 fully saturated rings. The zero-order valence-electron chi connectivity index (χ0n) is 13.5. The van der Waals surface area contributed by atoms with Crippen LogP contribution in [0.5, 0.6) is 0 Å². The highest BCUT2D eigenvalue weighted by molar-refractivity contribution is 7.15. The lowest BCUT2D eigenvalue weighted by Gasteiger charge is -2.46. The van der Waals surface area contributed by atoms with Crippen LogP contribution in [0.3, 0.4) is 0 Å². The van der Waals surface area contributed by atoms with E-state index in [2.05, 4.69) is 38.5 Å². The number of nitrogens with zero attached hydrogens (tertiary/aromatic N) is 4. The highest BCUT2D eigenvalue weighted by Gasteiger charge is 2.35. The minimum absolute atomic E-state index is 0.104. The van der Waals surface area contributed by atoms with Gasteiger partial charge in [0, 0.05) is 43.3 Å². The minimum Gasteiger partial charge on any atom is -0.364 e. The summed E-state index contributed by atoms with van der Waals surface area (Å²) in [4.78, 5) is 22.9. The van der Waals surface area contributed by atoms with Crippen LogP contribution in [0.25, 0.3) is 0 Å². The van der Waals surface area contributed by atoms with E-state index in [4.69, 9.17) is 5.26 Å². The van der Waals surface area contributed by atoms with Crippen molar-refractivity contribution < 1.29 is 4.79 Å². The quantitative estimate of drug-likeness (QED) is 0.864. The number of nitriles is 1. The average Bonchev–Trinajstić information content (AvgIpc) is 3.00. The van der Waals surface area contributed by atoms with E-state index < -0.39 is 0 Å². The Bertz CT molecular complexity index is 766. The Morgan fingerprint density at radius 1 is 1.46 bits per heavy atom. The first-order chi connectivity index (χ1) is 11.5. The summed E-state index contributed by atoms with van der Waals surface area (Å²) < 4.78 is 0. The lowest BCUT2D eigenvalue weighted by atomic mass is 9.98. The molecule has 3 rings (SSSR count). The number of amides is 1. The molecule has 3 heterocycles. The van der Waals surface area contributed by atoms with Gasteiger partial charge in [0.1, 0.15) is 11.9 Å². The number of rotatable bonds is 5. The molecule has 124 valence electrons. The van der Waals surface area contributed by atoms with Crippen LogP contribution < -0.4 is 10.6 Å². The number of aromatic nitrogens is 2. The van der Waals surface area contributed by atoms with Crippen molar-refractivity contribution in [3.8, 4) is 6.07 Å². The first-order valence-corrected chi connectivity index (χ1v) is 8.46. The van der Waals surface area contributed by atoms with Gasteiger partial charge in [-0.1, -0.05) is 0 Å². The molecule has 2 aromatic rings. The smallest absolute Gasteiger partial charge is 0.223 e. The van der Waals surface area contributed by atoms with E-state index in [9.17, 15) is 4.79 Å². The van der Waals surface area contributed by atoms with Gasteiger partial charge in [0.25, 0.3) is 0 Å². The number of likely N-dealkylation sites (tertiary alicyclic amines) is 1. The van der Waals surface area contributed by atoms with E-state index in [0.717, 1.165) is 23.8 Å². The van der Waals surface area contributed by atoms with Crippen LogP contribution in [0.15, 0.2) is 24.5 Å². The molecular weight excluding hydrogens is 324 g/mol. The second kappa shape index (κ2) is 6.95. The van der Waals surface area contributed by atoms with Gasteiger partial charge in [-0.25, -0.2) is 9.97 Å². The maximum Gasteiger partial charge on any atom is 0.223 e. The van der Waals surface area contributed by atoms with E-state index in [0.29, 0.717) is 22.8 Å². The molecule has 0 aliphatic carbocycles. The molecule has 2 atom stereocenters. The summed E-state index contributed by atoms with van der Waals surface area (Å²) in [5.74, 6) is 0.684. The van der Waals surface area contributed by atoms with Crippen molar-refractivity contribution in [1.82, 2.24) is 14.9 Å². The van der Waals surface area contributed by atoms with Crippen LogP contribution in [0.4, 0.5) is 10.9 Å². The number of thiazole rings is 1. The molecule has 1 aliphatic rings. The normalized spacial score (nSPS) is 20.0. The molecule has 1 amide bonds. The van der Waals surface area contributed by atoms with Gasteiger partial charge < -0.3 is 10.6 Å². The summed E-state index contributed by atoms with van der Waals surface area (Å²) in [7, 11) is 0. The number of anilines is 2. The number of carbonyl (C=O) groups excluding carboxylic acids is 1. The van der Waals surface area contributed by atoms with Gasteiger partial charge in [0.2, 0.25) is 5.91 Å². The van der Waals surface area contributed by atoms with Crippen molar-refractivity contribution in [2.24, 2.45) is 0 Å². The van der Waals surface area contributed by atoms with Gasteiger partial charge in [-0.2, -0.15) is 5.26 Å². The lowest BCUT2D eigenvalue weighted by Crippen LogP contribution is -2.61. The zero-order chi connectivity index (χ0) is 17.1. The van der Waals surface area contributed by atoms with Crippen molar-refractivity contribution in [1.29, 1.82) is 5.26 Å². The molecule has 0 aromatic carbocycles. The predicted molar refractivity (Wildman–Crippen MR) is 92.7 cm³/mol. The summed E-state index contributed by atoms with van der Waals surface area (Å²) >= 11 is 1.50. The highest BCUT2D eigenvalue weighted by Crippen LogP contribution is 2.27. The molecule has 24 heavy (non-hydrogen) atoms. The van der Waals surface area contributed by atoms with Crippen LogP contribution in [0.1, 0.15) is 24.3 Å². The summed E-state index contributed by atoms with van der Waals surface area (Å²) in [6.45, 7) is 5.38. The predicted octanol–water partition coefficient (Wildman–Crippen LogP) is 2.05. The van der Waals surface area contributed by atoms with E-state index >= 15 is 0 Å². The van der Waals surface area contributed by atoms with E-state index in [1.54, 1.807) is 12.3 Å². The molecule has 1 aliphatic heterocycles. The Balaban J connectivity index is 1.51. The molecule has 0 radical (unpaired) electrons. The van der Waals surface area contributed by atoms with Crippen LogP contribution in [0, 0.1) is 11.3 Å². The molecule has 1 saturated heterocycles. The number of hydrogen-bond acceptors (Lipinski definition) is 7. The average molecular weight is 342 g/mol. The number of pyridine rings is 1. The molecule has 7 nitrogen and oxygen atoms in total. The van der Waals surface area contributed by atoms with E-state index in [1.165, 1.54) is 18.3 Å². The van der Waals surface area contributed by atoms with Gasteiger partial charge in [-0.15, -0.1) is 11.3 Å². The molecule has 0 unspecified atom stereocenters. The second-order valence-corrected chi connectivity index (χ2v) is 6.89. The molecule has 0 bridgehead atoms. The van der Waals surface area contributed by atoms with Crippen molar-refractivity contribution in [3.63, 3.8) is 0 Å². The summed E-state index contributed by atoms with van der Waals surface area (Å²) in [6, 6.07) is 6.35. The number of nitrogens with one attached hydrogen (secondary N) is 2. The Morgan fingerprint density at radius 2 is 2.29 bits per heavy atom. The first kappa shape index (κ1) is 16.4. The third kappa shape index (κ3) is 3.69. The molecule has 0 saturated carbocycles. The second-order valence-electron chi connectivity index (χ2n) is 5.78. The molecule has 8 heteroatoms. The van der Waals surface area contributed by atoms with Crippen LogP contribution >= 0.6 is 11.3 Å². The molecule has 0 spiro atoms. The van der Waals surface area contributed by atoms with Gasteiger partial charge >= 0.3 is 0 Å². The maximum absolute atomic E-state index is 11.0. The van der Waals surface area contributed by atoms with Gasteiger partial charge in [-0.3, -0.25) is 9.69 Å². The lowest BCUT2D eigenvalue weighted by molar-refractivity contribution is -0.114. The Hall–Kier alpha value is -2.50. The molecule has 2 aromatic heterocycles. The summed E-state index contributed by atoms with van der Waals surface area (Å²) in [5.41, 5.74) is 0.559. The highest BCUT2D eigenvalue weighted by atomic mass is 32.1. The van der Waals surface area contributed by atoms with Crippen molar-refractivity contribution in [2.75, 3.05) is 17.2 Å². The van der Waals surface area contributed by atoms with Gasteiger partial charge in [0.05, 0.1) is 11.6 Å². The van der Waals surface area contributed by atoms with Crippen LogP contribution in [-0.2, 0) is 11.3 Å². The summed E-state index contributed by atoms with van der Waals surface area (Å²) in [6.07, 6.45) is 3.38. The third-order valence-electron chi connectivity index (χ3n) is 4.01. The molecular formula is C16H18N6OS. The largest absolute Gasteiger partial charge is 0.364 e. The zero-order valence-corrected chi connectivity index (χ0v) is 14.3. The topological polar surface area (TPSA) is 93.9 Å². The fourth-order valence-corrected chi connectivity index (χ4v) is 3.47. The fraction of sp³-hybridized carbons (Fsp3) is 0.375. The van der Waals surface area contributed by atoms with Gasteiger partial charge in [-0.05, 0) is 19.1 Å². The van der Waals surface area contributed by atoms with Crippen molar-refractivity contribution in [3.05, 3.63) is 35.0 Å². The third-order valence-corrected chi connectivity index (χ3v) is 4.91. The van der Waals surface area contributed by atoms with Crippen molar-refractivity contribution in [2.45, 2.75) is 32.5 Å². The van der Waals surface area contributed by atoms with E-state index in [-0.39, 0.29) is 5.91 Å². The van der Waals surface area contributed by atoms with E-state index in [1.807, 2.05) is 12.3 Å². The first-order valence-electron chi connectivity index (χ1n) is 7.64. The Labute approximate surface area is 144 Å². The fourth-order valence-electron chi connectivity index (χ4n) is 2.59. The maximum atomic E-state index is 11.0. The van der Waals surface area contributed by atoms with Crippen LogP contribution in [0.2, 0.25) is 0 Å². The Kier molecular flexibility index (Phi) is 4.74. The van der Waals surface area contributed by atoms with Crippen molar-refractivity contribution >= 4 is 28.2 Å². The molecule has 2 N–H and O–H groups in total. The monoisotopic (exact) mass is 342 g/mol. The number of carbonyl (C=O) groups is 1. The SMILES string of the molecule is CC(=O)Nc1ncc(CN2C[C@@H](Nc3ccc(C#N)cn3)[C@H]2C)s1. The minimum atomic E-state index is -0.104. The standard InChI is InChI=1S/C16H18N6OS/c1-10-14(21-15-4-3-12(5-17)6-18-15)9-22(10)8-13-7-19-16(24-13)20-11(2)23/h3-4,6-7,10,14H,8-9H2,1-2H3,(H,18,21)(H,19,20,23)/t10-,14-/m1/s1. The van der Waals surface area contributed by atoms with Gasteiger partial charge in [0.15, 0.2) is 5.13 Å².